The second-order valence-corrected chi connectivity index (χ2v) is 7.97. The van der Waals surface area contributed by atoms with Crippen LogP contribution in [-0.4, -0.2) is 31.2 Å². The number of aromatic nitrogens is 1. The number of nitrogens with one attached hydrogen (secondary N) is 1. The first kappa shape index (κ1) is 13.9. The molecule has 1 saturated carbocycles. The van der Waals surface area contributed by atoms with Gasteiger partial charge in [-0.15, -0.1) is 11.3 Å². The Bertz CT molecular complexity index is 498. The van der Waals surface area contributed by atoms with Gasteiger partial charge in [0.2, 0.25) is 0 Å². The molecule has 0 bridgehead atoms. The molecule has 7 heteroatoms. The van der Waals surface area contributed by atoms with Crippen molar-refractivity contribution in [2.45, 2.75) is 42.9 Å². The molecule has 1 aliphatic carbocycles. The predicted molar refractivity (Wildman–Crippen MR) is 70.0 cm³/mol. The molecule has 18 heavy (non-hydrogen) atoms. The summed E-state index contributed by atoms with van der Waals surface area (Å²) in [4.78, 5) is 3.95. The van der Waals surface area contributed by atoms with Crippen molar-refractivity contribution in [1.82, 2.24) is 9.71 Å². The van der Waals surface area contributed by atoms with Gasteiger partial charge in [-0.3, -0.25) is 0 Å². The molecule has 2 rings (SSSR count). The third-order valence-corrected chi connectivity index (χ3v) is 5.98. The largest absolute Gasteiger partial charge is 0.393 e. The van der Waals surface area contributed by atoms with Crippen molar-refractivity contribution in [3.05, 3.63) is 11.2 Å². The minimum absolute atomic E-state index is 0.234. The van der Waals surface area contributed by atoms with Crippen molar-refractivity contribution in [3.63, 3.8) is 0 Å². The highest BCUT2D eigenvalue weighted by atomic mass is 32.2. The Morgan fingerprint density at radius 3 is 2.94 bits per heavy atom. The van der Waals surface area contributed by atoms with Gasteiger partial charge in [-0.05, 0) is 32.1 Å². The van der Waals surface area contributed by atoms with Gasteiger partial charge in [0.05, 0.1) is 17.3 Å². The van der Waals surface area contributed by atoms with Gasteiger partial charge in [0, 0.05) is 6.54 Å². The Balaban J connectivity index is 1.93. The molecule has 5 nitrogen and oxygen atoms in total. The Hall–Kier alpha value is -0.500. The molecular formula is C11H18N2O3S2. The second kappa shape index (κ2) is 5.64. The van der Waals surface area contributed by atoms with Crippen LogP contribution in [0, 0.1) is 12.8 Å². The highest BCUT2D eigenvalue weighted by Crippen LogP contribution is 2.24. The number of rotatable bonds is 4. The highest BCUT2D eigenvalue weighted by molar-refractivity contribution is 7.91. The van der Waals surface area contributed by atoms with E-state index in [9.17, 15) is 13.5 Å². The lowest BCUT2D eigenvalue weighted by Gasteiger charge is -2.25. The number of aliphatic hydroxyl groups excluding tert-OH is 1. The smallest absolute Gasteiger partial charge is 0.251 e. The van der Waals surface area contributed by atoms with Crippen LogP contribution in [0.4, 0.5) is 0 Å². The SMILES string of the molecule is Cc1ncc(S(=O)(=O)NCC2CCCC(O)C2)s1. The van der Waals surface area contributed by atoms with Crippen molar-refractivity contribution in [2.75, 3.05) is 6.54 Å². The minimum Gasteiger partial charge on any atom is -0.393 e. The van der Waals surface area contributed by atoms with E-state index in [1.165, 1.54) is 17.5 Å². The summed E-state index contributed by atoms with van der Waals surface area (Å²) in [5, 5.41) is 10.3. The summed E-state index contributed by atoms with van der Waals surface area (Å²) in [5.74, 6) is 0.234. The quantitative estimate of drug-likeness (QED) is 0.875. The van der Waals surface area contributed by atoms with Crippen molar-refractivity contribution < 1.29 is 13.5 Å². The van der Waals surface area contributed by atoms with E-state index in [0.29, 0.717) is 13.0 Å². The fourth-order valence-corrected chi connectivity index (χ4v) is 4.48. The molecule has 1 fully saturated rings. The van der Waals surface area contributed by atoms with Gasteiger partial charge >= 0.3 is 0 Å². The van der Waals surface area contributed by atoms with Crippen molar-refractivity contribution in [3.8, 4) is 0 Å². The molecule has 2 unspecified atom stereocenters. The summed E-state index contributed by atoms with van der Waals surface area (Å²) in [6.45, 7) is 2.18. The average Bonchev–Trinajstić information content (AvgIpc) is 2.74. The summed E-state index contributed by atoms with van der Waals surface area (Å²) in [5.41, 5.74) is 0. The third-order valence-electron chi connectivity index (χ3n) is 3.18. The first-order valence-corrected chi connectivity index (χ1v) is 8.37. The normalized spacial score (nSPS) is 25.2. The van der Waals surface area contributed by atoms with Crippen LogP contribution in [0.1, 0.15) is 30.7 Å². The monoisotopic (exact) mass is 290 g/mol. The summed E-state index contributed by atoms with van der Waals surface area (Å²) >= 11 is 1.17. The van der Waals surface area contributed by atoms with Gasteiger partial charge in [0.25, 0.3) is 10.0 Å². The Kier molecular flexibility index (Phi) is 4.37. The zero-order chi connectivity index (χ0) is 13.2. The molecule has 0 radical (unpaired) electrons. The van der Waals surface area contributed by atoms with E-state index in [4.69, 9.17) is 0 Å². The third kappa shape index (κ3) is 3.50. The first-order chi connectivity index (χ1) is 8.47. The molecule has 0 aromatic carbocycles. The summed E-state index contributed by atoms with van der Waals surface area (Å²) in [6.07, 6.45) is 4.56. The Morgan fingerprint density at radius 2 is 2.33 bits per heavy atom. The van der Waals surface area contributed by atoms with E-state index in [-0.39, 0.29) is 16.2 Å². The van der Waals surface area contributed by atoms with E-state index in [1.807, 2.05) is 0 Å². The van der Waals surface area contributed by atoms with Crippen LogP contribution >= 0.6 is 11.3 Å². The van der Waals surface area contributed by atoms with Crippen molar-refractivity contribution in [1.29, 1.82) is 0 Å². The maximum absolute atomic E-state index is 12.0. The fraction of sp³-hybridized carbons (Fsp3) is 0.727. The number of sulfonamides is 1. The van der Waals surface area contributed by atoms with E-state index in [1.54, 1.807) is 6.92 Å². The molecule has 1 heterocycles. The van der Waals surface area contributed by atoms with Gasteiger partial charge in [-0.1, -0.05) is 6.42 Å². The topological polar surface area (TPSA) is 79.3 Å². The summed E-state index contributed by atoms with van der Waals surface area (Å²) < 4.78 is 26.8. The lowest BCUT2D eigenvalue weighted by Crippen LogP contribution is -2.32. The van der Waals surface area contributed by atoms with E-state index >= 15 is 0 Å². The number of aryl methyl sites for hydroxylation is 1. The molecular weight excluding hydrogens is 272 g/mol. The molecule has 0 amide bonds. The predicted octanol–water partition coefficient (Wildman–Crippen LogP) is 1.28. The van der Waals surface area contributed by atoms with Crippen LogP contribution in [-0.2, 0) is 10.0 Å². The summed E-state index contributed by atoms with van der Waals surface area (Å²) in [6, 6.07) is 0. The van der Waals surface area contributed by atoms with Gasteiger partial charge in [-0.2, -0.15) is 0 Å². The standard InChI is InChI=1S/C11H18N2O3S2/c1-8-12-7-11(17-8)18(15,16)13-6-9-3-2-4-10(14)5-9/h7,9-10,13-14H,2-6H2,1H3. The van der Waals surface area contributed by atoms with Crippen LogP contribution in [0.25, 0.3) is 0 Å². The zero-order valence-corrected chi connectivity index (χ0v) is 11.9. The fourth-order valence-electron chi connectivity index (χ4n) is 2.21. The molecule has 0 spiro atoms. The molecule has 2 atom stereocenters. The molecule has 0 saturated heterocycles. The number of thiazole rings is 1. The van der Waals surface area contributed by atoms with Gasteiger partial charge in [0.1, 0.15) is 0 Å². The van der Waals surface area contributed by atoms with Crippen LogP contribution in [0.3, 0.4) is 0 Å². The van der Waals surface area contributed by atoms with E-state index < -0.39 is 10.0 Å². The molecule has 102 valence electrons. The Labute approximate surface area is 111 Å². The maximum Gasteiger partial charge on any atom is 0.251 e. The highest BCUT2D eigenvalue weighted by Gasteiger charge is 2.23. The van der Waals surface area contributed by atoms with E-state index in [2.05, 4.69) is 9.71 Å². The molecule has 2 N–H and O–H groups in total. The average molecular weight is 290 g/mol. The first-order valence-electron chi connectivity index (χ1n) is 6.07. The maximum atomic E-state index is 12.0. The van der Waals surface area contributed by atoms with Crippen molar-refractivity contribution in [2.24, 2.45) is 5.92 Å². The molecule has 0 aliphatic heterocycles. The summed E-state index contributed by atoms with van der Waals surface area (Å²) in [7, 11) is -3.43. The molecule has 1 aliphatic rings. The van der Waals surface area contributed by atoms with E-state index in [0.717, 1.165) is 24.3 Å². The van der Waals surface area contributed by atoms with Crippen LogP contribution in [0.15, 0.2) is 10.4 Å². The van der Waals surface area contributed by atoms with Crippen LogP contribution < -0.4 is 4.72 Å². The molecule has 1 aromatic heterocycles. The molecule has 1 aromatic rings. The lowest BCUT2D eigenvalue weighted by molar-refractivity contribution is 0.102. The van der Waals surface area contributed by atoms with Crippen LogP contribution in [0.5, 0.6) is 0 Å². The van der Waals surface area contributed by atoms with Crippen LogP contribution in [0.2, 0.25) is 0 Å². The number of aliphatic hydroxyl groups is 1. The number of nitrogens with zero attached hydrogens (tertiary/aromatic N) is 1. The number of hydrogen-bond acceptors (Lipinski definition) is 5. The lowest BCUT2D eigenvalue weighted by atomic mass is 9.87. The second-order valence-electron chi connectivity index (χ2n) is 4.74. The van der Waals surface area contributed by atoms with Crippen molar-refractivity contribution >= 4 is 21.4 Å². The van der Waals surface area contributed by atoms with Gasteiger partial charge < -0.3 is 5.11 Å². The van der Waals surface area contributed by atoms with Gasteiger partial charge in [0.15, 0.2) is 4.21 Å². The minimum atomic E-state index is -3.43. The Morgan fingerprint density at radius 1 is 1.56 bits per heavy atom. The van der Waals surface area contributed by atoms with Gasteiger partial charge in [-0.25, -0.2) is 18.1 Å². The number of hydrogen-bond donors (Lipinski definition) is 2. The zero-order valence-electron chi connectivity index (χ0n) is 10.3.